The number of fused-ring (bicyclic) bond motifs is 2. The molecule has 3 aromatic rings. The highest BCUT2D eigenvalue weighted by Crippen LogP contribution is 2.58. The first-order valence-corrected chi connectivity index (χ1v) is 10.2. The number of nitrogens with one attached hydrogen (secondary N) is 1. The van der Waals surface area contributed by atoms with Gasteiger partial charge in [-0.25, -0.2) is 10.2 Å². The van der Waals surface area contributed by atoms with Crippen molar-refractivity contribution in [2.24, 2.45) is 5.41 Å². The summed E-state index contributed by atoms with van der Waals surface area (Å²) in [4.78, 5) is 12.2. The van der Waals surface area contributed by atoms with Gasteiger partial charge in [-0.2, -0.15) is 18.3 Å². The summed E-state index contributed by atoms with van der Waals surface area (Å²) in [6, 6.07) is 6.85. The number of hydroxylamine groups is 1. The van der Waals surface area contributed by atoms with Gasteiger partial charge < -0.3 is 4.74 Å². The lowest BCUT2D eigenvalue weighted by atomic mass is 9.64. The number of aromatic nitrogens is 2. The second-order valence-corrected chi connectivity index (χ2v) is 9.11. The summed E-state index contributed by atoms with van der Waals surface area (Å²) < 4.78 is 50.2. The lowest BCUT2D eigenvalue weighted by molar-refractivity contribution is -0.219. The molecule has 0 bridgehead atoms. The monoisotopic (exact) mass is 467 g/mol. The molecular formula is C22H21ClF3N3O3. The molecule has 170 valence electrons. The summed E-state index contributed by atoms with van der Waals surface area (Å²) in [6.45, 7) is 3.38. The maximum absolute atomic E-state index is 15.0. The number of hydrogen-bond donors (Lipinski definition) is 2. The normalized spacial score (nSPS) is 20.1. The van der Waals surface area contributed by atoms with E-state index in [2.05, 4.69) is 10.2 Å². The molecular weight excluding hydrogens is 447 g/mol. The number of H-pyrrole nitrogens is 1. The number of nitrogens with zero attached hydrogens (tertiary/aromatic N) is 2. The van der Waals surface area contributed by atoms with Crippen molar-refractivity contribution in [3.63, 3.8) is 0 Å². The van der Waals surface area contributed by atoms with Crippen molar-refractivity contribution in [1.82, 2.24) is 10.2 Å². The summed E-state index contributed by atoms with van der Waals surface area (Å²) in [5, 5.41) is 17.8. The zero-order valence-corrected chi connectivity index (χ0v) is 18.3. The number of aromatic amines is 1. The van der Waals surface area contributed by atoms with Crippen molar-refractivity contribution in [1.29, 1.82) is 0 Å². The first-order valence-electron chi connectivity index (χ1n) is 9.81. The van der Waals surface area contributed by atoms with Gasteiger partial charge in [-0.15, -0.1) is 0 Å². The van der Waals surface area contributed by atoms with E-state index in [9.17, 15) is 23.2 Å². The zero-order valence-electron chi connectivity index (χ0n) is 17.5. The standard InChI is InChI=1S/C22H21ClF3N3O3/c1-20(2)9-13-15(7-8-17(32-3)18(13)23)21(11-20,22(24,25)26)29(31)16-6-4-5-12-14(16)10-27-28-19(12)30/h4-8,10,31H,9,11H2,1-3H3,(H,28,30). The summed E-state index contributed by atoms with van der Waals surface area (Å²) in [6.07, 6.45) is -3.86. The molecule has 4 rings (SSSR count). The van der Waals surface area contributed by atoms with Crippen LogP contribution in [-0.4, -0.2) is 28.7 Å². The average Bonchev–Trinajstić information content (AvgIpc) is 2.72. The van der Waals surface area contributed by atoms with Gasteiger partial charge in [0, 0.05) is 5.39 Å². The molecule has 0 spiro atoms. The van der Waals surface area contributed by atoms with E-state index >= 15 is 0 Å². The van der Waals surface area contributed by atoms with Gasteiger partial charge in [0.15, 0.2) is 5.54 Å². The topological polar surface area (TPSA) is 78.5 Å². The number of methoxy groups -OCH3 is 1. The smallest absolute Gasteiger partial charge is 0.418 e. The number of halogens is 4. The molecule has 6 nitrogen and oxygen atoms in total. The Balaban J connectivity index is 2.07. The average molecular weight is 468 g/mol. The van der Waals surface area contributed by atoms with Crippen LogP contribution in [0.1, 0.15) is 31.4 Å². The number of alkyl halides is 3. The predicted molar refractivity (Wildman–Crippen MR) is 114 cm³/mol. The molecule has 0 saturated carbocycles. The molecule has 1 aromatic heterocycles. The fraction of sp³-hybridized carbons (Fsp3) is 0.364. The van der Waals surface area contributed by atoms with Crippen LogP contribution in [0.3, 0.4) is 0 Å². The minimum Gasteiger partial charge on any atom is -0.495 e. The first-order chi connectivity index (χ1) is 14.9. The summed E-state index contributed by atoms with van der Waals surface area (Å²) in [5.74, 6) is 0.254. The van der Waals surface area contributed by atoms with Crippen LogP contribution in [0.25, 0.3) is 10.8 Å². The quantitative estimate of drug-likeness (QED) is 0.517. The summed E-state index contributed by atoms with van der Waals surface area (Å²) in [7, 11) is 1.39. The fourth-order valence-corrected chi connectivity index (χ4v) is 5.01. The molecule has 2 N–H and O–H groups in total. The lowest BCUT2D eigenvalue weighted by Gasteiger charge is -2.51. The van der Waals surface area contributed by atoms with Gasteiger partial charge in [-0.3, -0.25) is 10.0 Å². The van der Waals surface area contributed by atoms with Crippen molar-refractivity contribution in [2.45, 2.75) is 38.4 Å². The second-order valence-electron chi connectivity index (χ2n) is 8.73. The molecule has 32 heavy (non-hydrogen) atoms. The van der Waals surface area contributed by atoms with Crippen LogP contribution in [0.15, 0.2) is 41.3 Å². The van der Waals surface area contributed by atoms with Gasteiger partial charge in [-0.05, 0) is 47.6 Å². The van der Waals surface area contributed by atoms with E-state index in [1.54, 1.807) is 13.8 Å². The third-order valence-electron chi connectivity index (χ3n) is 6.01. The molecule has 10 heteroatoms. The van der Waals surface area contributed by atoms with Crippen molar-refractivity contribution < 1.29 is 23.1 Å². The van der Waals surface area contributed by atoms with Crippen LogP contribution < -0.4 is 15.4 Å². The van der Waals surface area contributed by atoms with Crippen LogP contribution in [0.4, 0.5) is 18.9 Å². The van der Waals surface area contributed by atoms with Crippen molar-refractivity contribution in [3.05, 3.63) is 63.0 Å². The van der Waals surface area contributed by atoms with Crippen LogP contribution in [0.2, 0.25) is 5.02 Å². The molecule has 1 atom stereocenters. The van der Waals surface area contributed by atoms with E-state index in [1.807, 2.05) is 0 Å². The highest BCUT2D eigenvalue weighted by Gasteiger charge is 2.65. The minimum atomic E-state index is -4.90. The summed E-state index contributed by atoms with van der Waals surface area (Å²) >= 11 is 6.45. The highest BCUT2D eigenvalue weighted by atomic mass is 35.5. The Kier molecular flexibility index (Phi) is 5.17. The molecule has 0 amide bonds. The minimum absolute atomic E-state index is 0.0795. The van der Waals surface area contributed by atoms with Crippen LogP contribution in [0.5, 0.6) is 5.75 Å². The van der Waals surface area contributed by atoms with Gasteiger partial charge in [0.25, 0.3) is 5.56 Å². The Bertz CT molecular complexity index is 1260. The van der Waals surface area contributed by atoms with Gasteiger partial charge in [0.2, 0.25) is 0 Å². The van der Waals surface area contributed by atoms with Gasteiger partial charge in [-0.1, -0.05) is 37.6 Å². The number of anilines is 1. The Morgan fingerprint density at radius 3 is 2.59 bits per heavy atom. The highest BCUT2D eigenvalue weighted by molar-refractivity contribution is 6.33. The maximum Gasteiger partial charge on any atom is 0.418 e. The molecule has 0 aliphatic heterocycles. The predicted octanol–water partition coefficient (Wildman–Crippen LogP) is 5.21. The van der Waals surface area contributed by atoms with Gasteiger partial charge in [0.05, 0.1) is 29.4 Å². The SMILES string of the molecule is COc1ccc2c(c1Cl)CC(C)(C)CC2(N(O)c1cccc2c(=O)[nH]ncc12)C(F)(F)F. The molecule has 0 radical (unpaired) electrons. The van der Waals surface area contributed by atoms with E-state index in [1.165, 1.54) is 43.6 Å². The van der Waals surface area contributed by atoms with E-state index in [0.717, 1.165) is 0 Å². The number of ether oxygens (including phenoxy) is 1. The third-order valence-corrected chi connectivity index (χ3v) is 6.42. The lowest BCUT2D eigenvalue weighted by Crippen LogP contribution is -2.59. The molecule has 1 aliphatic rings. The van der Waals surface area contributed by atoms with E-state index in [0.29, 0.717) is 0 Å². The Morgan fingerprint density at radius 1 is 1.22 bits per heavy atom. The van der Waals surface area contributed by atoms with E-state index < -0.39 is 29.1 Å². The second kappa shape index (κ2) is 7.38. The van der Waals surface area contributed by atoms with E-state index in [-0.39, 0.29) is 49.8 Å². The largest absolute Gasteiger partial charge is 0.495 e. The molecule has 2 aromatic carbocycles. The Hall–Kier alpha value is -2.78. The molecule has 1 unspecified atom stereocenters. The molecule has 0 fully saturated rings. The maximum atomic E-state index is 15.0. The van der Waals surface area contributed by atoms with Crippen molar-refractivity contribution in [2.75, 3.05) is 12.2 Å². The van der Waals surface area contributed by atoms with Gasteiger partial charge in [0.1, 0.15) is 5.75 Å². The number of hydrogen-bond acceptors (Lipinski definition) is 5. The van der Waals surface area contributed by atoms with Gasteiger partial charge >= 0.3 is 6.18 Å². The third kappa shape index (κ3) is 3.22. The Morgan fingerprint density at radius 2 is 1.94 bits per heavy atom. The molecule has 1 heterocycles. The van der Waals surface area contributed by atoms with Crippen molar-refractivity contribution in [3.8, 4) is 5.75 Å². The van der Waals surface area contributed by atoms with Crippen molar-refractivity contribution >= 4 is 28.1 Å². The van der Waals surface area contributed by atoms with E-state index in [4.69, 9.17) is 16.3 Å². The van der Waals surface area contributed by atoms with Crippen LogP contribution in [-0.2, 0) is 12.0 Å². The molecule has 0 saturated heterocycles. The molecule has 1 aliphatic carbocycles. The Labute approximate surface area is 186 Å². The number of rotatable bonds is 3. The number of benzene rings is 2. The summed E-state index contributed by atoms with van der Waals surface area (Å²) in [5.41, 5.74) is -4.36. The fourth-order valence-electron chi connectivity index (χ4n) is 4.70. The van der Waals surface area contributed by atoms with Crippen LogP contribution in [0, 0.1) is 5.41 Å². The zero-order chi connectivity index (χ0) is 23.5. The first kappa shape index (κ1) is 22.4. The van der Waals surface area contributed by atoms with Crippen LogP contribution >= 0.6 is 11.6 Å².